The molecule has 110 valence electrons. The van der Waals surface area contributed by atoms with Crippen molar-refractivity contribution in [1.29, 1.82) is 0 Å². The molecule has 0 aromatic heterocycles. The third-order valence-electron chi connectivity index (χ3n) is 2.40. The lowest BCUT2D eigenvalue weighted by atomic mass is 10.0. The summed E-state index contributed by atoms with van der Waals surface area (Å²) in [5.41, 5.74) is -0.402. The van der Waals surface area contributed by atoms with Crippen LogP contribution in [0.1, 0.15) is 28.9 Å². The summed E-state index contributed by atoms with van der Waals surface area (Å²) >= 11 is 5.59. The zero-order valence-electron chi connectivity index (χ0n) is 10.2. The third-order valence-corrected chi connectivity index (χ3v) is 2.60. The normalized spacial score (nSPS) is 13.9. The number of alkyl halides is 3. The first-order valence-electron chi connectivity index (χ1n) is 5.42. The SMILES string of the molecule is CC(Cl)C(=O)c1ccc(C(O)C(=O)O)cc1OC(F)F. The predicted octanol–water partition coefficient (Wildman–Crippen LogP) is 2.22. The lowest BCUT2D eigenvalue weighted by Gasteiger charge is -2.14. The van der Waals surface area contributed by atoms with Gasteiger partial charge in [0.2, 0.25) is 0 Å². The van der Waals surface area contributed by atoms with Crippen molar-refractivity contribution < 1.29 is 33.3 Å². The van der Waals surface area contributed by atoms with Gasteiger partial charge in [-0.15, -0.1) is 11.6 Å². The van der Waals surface area contributed by atoms with Gasteiger partial charge in [0, 0.05) is 0 Å². The van der Waals surface area contributed by atoms with Gasteiger partial charge >= 0.3 is 12.6 Å². The largest absolute Gasteiger partial charge is 0.479 e. The lowest BCUT2D eigenvalue weighted by molar-refractivity contribution is -0.146. The van der Waals surface area contributed by atoms with Crippen molar-refractivity contribution >= 4 is 23.4 Å². The number of ether oxygens (including phenoxy) is 1. The van der Waals surface area contributed by atoms with Crippen LogP contribution in [0.25, 0.3) is 0 Å². The number of rotatable bonds is 6. The van der Waals surface area contributed by atoms with Gasteiger partial charge in [-0.05, 0) is 24.6 Å². The molecule has 0 radical (unpaired) electrons. The Labute approximate surface area is 117 Å². The van der Waals surface area contributed by atoms with E-state index < -0.39 is 35.6 Å². The van der Waals surface area contributed by atoms with E-state index in [4.69, 9.17) is 16.7 Å². The molecule has 0 saturated carbocycles. The van der Waals surface area contributed by atoms with Crippen LogP contribution in [0.4, 0.5) is 8.78 Å². The number of carbonyl (C=O) groups excluding carboxylic acids is 1. The Morgan fingerprint density at radius 1 is 1.35 bits per heavy atom. The Morgan fingerprint density at radius 3 is 2.40 bits per heavy atom. The van der Waals surface area contributed by atoms with Crippen LogP contribution in [0.2, 0.25) is 0 Å². The molecular weight excluding hydrogens is 298 g/mol. The highest BCUT2D eigenvalue weighted by atomic mass is 35.5. The van der Waals surface area contributed by atoms with E-state index in [0.29, 0.717) is 0 Å². The smallest absolute Gasteiger partial charge is 0.387 e. The van der Waals surface area contributed by atoms with Crippen LogP contribution in [-0.4, -0.2) is 34.0 Å². The summed E-state index contributed by atoms with van der Waals surface area (Å²) in [4.78, 5) is 22.4. The highest BCUT2D eigenvalue weighted by molar-refractivity contribution is 6.33. The highest BCUT2D eigenvalue weighted by Crippen LogP contribution is 2.27. The van der Waals surface area contributed by atoms with Gasteiger partial charge < -0.3 is 14.9 Å². The summed E-state index contributed by atoms with van der Waals surface area (Å²) in [5, 5.41) is 17.0. The minimum Gasteiger partial charge on any atom is -0.479 e. The lowest BCUT2D eigenvalue weighted by Crippen LogP contribution is -2.16. The number of aliphatic hydroxyl groups is 1. The number of carbonyl (C=O) groups is 2. The fourth-order valence-corrected chi connectivity index (χ4v) is 1.58. The van der Waals surface area contributed by atoms with Crippen molar-refractivity contribution in [2.75, 3.05) is 0 Å². The molecule has 8 heteroatoms. The molecule has 0 fully saturated rings. The summed E-state index contributed by atoms with van der Waals surface area (Å²) in [6, 6.07) is 3.08. The Hall–Kier alpha value is -1.73. The molecule has 1 aromatic carbocycles. The first-order valence-corrected chi connectivity index (χ1v) is 5.85. The molecule has 0 saturated heterocycles. The molecule has 0 spiro atoms. The van der Waals surface area contributed by atoms with Crippen LogP contribution < -0.4 is 4.74 Å². The molecule has 0 amide bonds. The standard InChI is InChI=1S/C12H11ClF2O5/c1-5(13)9(16)7-3-2-6(10(17)11(18)19)4-8(7)20-12(14)15/h2-5,10,12,17H,1H3,(H,18,19). The highest BCUT2D eigenvalue weighted by Gasteiger charge is 2.23. The van der Waals surface area contributed by atoms with Crippen LogP contribution in [-0.2, 0) is 4.79 Å². The number of aliphatic carboxylic acids is 1. The van der Waals surface area contributed by atoms with Gasteiger partial charge in [0.1, 0.15) is 5.75 Å². The Kier molecular flexibility index (Phi) is 5.41. The second-order valence-electron chi connectivity index (χ2n) is 3.86. The minimum atomic E-state index is -3.20. The van der Waals surface area contributed by atoms with E-state index in [1.807, 2.05) is 0 Å². The molecule has 2 atom stereocenters. The molecular formula is C12H11ClF2O5. The number of carboxylic acid groups (broad SMARTS) is 1. The fraction of sp³-hybridized carbons (Fsp3) is 0.333. The zero-order chi connectivity index (χ0) is 15.4. The van der Waals surface area contributed by atoms with Crippen LogP contribution in [0.5, 0.6) is 5.75 Å². The number of ketones is 1. The molecule has 0 aliphatic rings. The topological polar surface area (TPSA) is 83.8 Å². The van der Waals surface area contributed by atoms with Crippen molar-refractivity contribution in [2.45, 2.75) is 25.0 Å². The molecule has 1 rings (SSSR count). The van der Waals surface area contributed by atoms with Crippen LogP contribution in [0.15, 0.2) is 18.2 Å². The predicted molar refractivity (Wildman–Crippen MR) is 65.3 cm³/mol. The number of carboxylic acids is 1. The third kappa shape index (κ3) is 3.88. The maximum absolute atomic E-state index is 12.3. The van der Waals surface area contributed by atoms with Gasteiger partial charge in [-0.1, -0.05) is 6.07 Å². The quantitative estimate of drug-likeness (QED) is 0.622. The number of benzene rings is 1. The van der Waals surface area contributed by atoms with E-state index in [0.717, 1.165) is 18.2 Å². The fourth-order valence-electron chi connectivity index (χ4n) is 1.46. The van der Waals surface area contributed by atoms with Gasteiger partial charge in [-0.25, -0.2) is 4.79 Å². The molecule has 1 aromatic rings. The van der Waals surface area contributed by atoms with Crippen LogP contribution in [0, 0.1) is 0 Å². The second kappa shape index (κ2) is 6.62. The Morgan fingerprint density at radius 2 is 1.95 bits per heavy atom. The Bertz CT molecular complexity index is 519. The minimum absolute atomic E-state index is 0.188. The summed E-state index contributed by atoms with van der Waals surface area (Å²) in [5.74, 6) is -2.74. The van der Waals surface area contributed by atoms with E-state index in [2.05, 4.69) is 4.74 Å². The summed E-state index contributed by atoms with van der Waals surface area (Å²) < 4.78 is 28.8. The maximum Gasteiger partial charge on any atom is 0.387 e. The van der Waals surface area contributed by atoms with E-state index in [9.17, 15) is 23.5 Å². The molecule has 5 nitrogen and oxygen atoms in total. The number of aliphatic hydroxyl groups excluding tert-OH is 1. The molecule has 0 bridgehead atoms. The summed E-state index contributed by atoms with van der Waals surface area (Å²) in [6.45, 7) is -1.85. The van der Waals surface area contributed by atoms with Crippen molar-refractivity contribution in [2.24, 2.45) is 0 Å². The zero-order valence-corrected chi connectivity index (χ0v) is 11.0. The summed E-state index contributed by atoms with van der Waals surface area (Å²) in [6.07, 6.45) is -1.91. The molecule has 0 heterocycles. The number of Topliss-reactive ketones (excluding diaryl/α,β-unsaturated/α-hetero) is 1. The maximum atomic E-state index is 12.3. The van der Waals surface area contributed by atoms with E-state index >= 15 is 0 Å². The summed E-state index contributed by atoms with van der Waals surface area (Å²) in [7, 11) is 0. The van der Waals surface area contributed by atoms with Gasteiger partial charge in [0.25, 0.3) is 0 Å². The number of hydrogen-bond acceptors (Lipinski definition) is 4. The Balaban J connectivity index is 3.26. The molecule has 2 N–H and O–H groups in total. The van der Waals surface area contributed by atoms with Crippen molar-refractivity contribution in [3.05, 3.63) is 29.3 Å². The van der Waals surface area contributed by atoms with Gasteiger partial charge in [-0.2, -0.15) is 8.78 Å². The second-order valence-corrected chi connectivity index (χ2v) is 4.51. The van der Waals surface area contributed by atoms with Gasteiger partial charge in [-0.3, -0.25) is 4.79 Å². The number of hydrogen-bond donors (Lipinski definition) is 2. The monoisotopic (exact) mass is 308 g/mol. The molecule has 0 aliphatic carbocycles. The van der Waals surface area contributed by atoms with Crippen molar-refractivity contribution in [1.82, 2.24) is 0 Å². The molecule has 0 aliphatic heterocycles. The van der Waals surface area contributed by atoms with Gasteiger partial charge in [0.05, 0.1) is 10.9 Å². The molecule has 2 unspecified atom stereocenters. The van der Waals surface area contributed by atoms with E-state index in [1.165, 1.54) is 6.92 Å². The van der Waals surface area contributed by atoms with Crippen molar-refractivity contribution in [3.8, 4) is 5.75 Å². The first-order chi connectivity index (χ1) is 9.23. The van der Waals surface area contributed by atoms with Crippen LogP contribution >= 0.6 is 11.6 Å². The average Bonchev–Trinajstić information content (AvgIpc) is 2.36. The first kappa shape index (κ1) is 16.3. The van der Waals surface area contributed by atoms with Crippen LogP contribution in [0.3, 0.4) is 0 Å². The van der Waals surface area contributed by atoms with Gasteiger partial charge in [0.15, 0.2) is 11.9 Å². The van der Waals surface area contributed by atoms with E-state index in [-0.39, 0.29) is 11.1 Å². The average molecular weight is 309 g/mol. The number of halogens is 3. The van der Waals surface area contributed by atoms with Crippen molar-refractivity contribution in [3.63, 3.8) is 0 Å². The van der Waals surface area contributed by atoms with E-state index in [1.54, 1.807) is 0 Å². The molecule has 20 heavy (non-hydrogen) atoms.